The molecule has 0 radical (unpaired) electrons. The number of aliphatic imine (C=N–C) groups is 1. The van der Waals surface area contributed by atoms with E-state index in [4.69, 9.17) is 36.0 Å². The van der Waals surface area contributed by atoms with E-state index in [-0.39, 0.29) is 47.8 Å². The number of likely N-dealkylation sites (tertiary alicyclic amines) is 2. The highest BCUT2D eigenvalue weighted by molar-refractivity contribution is 6.32. The molecule has 2 aliphatic carbocycles. The molecule has 9 rings (SSSR count). The molecule has 4 aromatic rings. The summed E-state index contributed by atoms with van der Waals surface area (Å²) in [6.07, 6.45) is 4.85. The summed E-state index contributed by atoms with van der Waals surface area (Å²) in [7, 11) is 2.60. The number of benzene rings is 2. The number of nitrogens with one attached hydrogen (secondary N) is 3. The Hall–Kier alpha value is -5.76. The zero-order chi connectivity index (χ0) is 42.9. The molecule has 14 nitrogen and oxygen atoms in total. The number of amides is 4. The molecule has 2 saturated heterocycles. The number of carbonyl (C=O) groups is 4. The van der Waals surface area contributed by atoms with Crippen LogP contribution in [0.3, 0.4) is 0 Å². The number of allylic oxidation sites excluding steroid dienone is 1. The number of rotatable bonds is 11. The number of ether oxygens (including phenoxy) is 2. The molecule has 4 fully saturated rings. The Bertz CT molecular complexity index is 2480. The second-order valence-corrected chi connectivity index (χ2v) is 18.1. The van der Waals surface area contributed by atoms with Crippen LogP contribution < -0.4 is 10.6 Å². The number of pyridine rings is 1. The highest BCUT2D eigenvalue weighted by Gasteiger charge is 2.57. The lowest BCUT2D eigenvalue weighted by molar-refractivity contribution is -0.137. The van der Waals surface area contributed by atoms with Crippen molar-refractivity contribution < 1.29 is 28.7 Å². The number of hydrogen-bond acceptors (Lipinski definition) is 9. The summed E-state index contributed by atoms with van der Waals surface area (Å²) < 4.78 is 9.61. The number of aromatic nitrogens is 3. The van der Waals surface area contributed by atoms with Crippen molar-refractivity contribution in [3.05, 3.63) is 77.5 Å². The average molecular weight is 847 g/mol. The normalized spacial score (nSPS) is 24.5. The summed E-state index contributed by atoms with van der Waals surface area (Å²) in [5.74, 6) is 1.06. The van der Waals surface area contributed by atoms with E-state index < -0.39 is 24.3 Å². The largest absolute Gasteiger partial charge is 0.453 e. The zero-order valence-corrected chi connectivity index (χ0v) is 35.9. The Morgan fingerprint density at radius 1 is 0.738 bits per heavy atom. The van der Waals surface area contributed by atoms with Crippen molar-refractivity contribution in [1.29, 1.82) is 0 Å². The highest BCUT2D eigenvalue weighted by atomic mass is 35.5. The molecule has 8 atom stereocenters. The van der Waals surface area contributed by atoms with Gasteiger partial charge in [-0.1, -0.05) is 75.7 Å². The van der Waals surface area contributed by atoms with Crippen LogP contribution in [0.15, 0.2) is 65.8 Å². The maximum Gasteiger partial charge on any atom is 0.407 e. The van der Waals surface area contributed by atoms with Crippen molar-refractivity contribution in [3.8, 4) is 22.4 Å². The van der Waals surface area contributed by atoms with Crippen molar-refractivity contribution in [3.63, 3.8) is 0 Å². The molecule has 2 saturated carbocycles. The molecule has 0 bridgehead atoms. The first-order chi connectivity index (χ1) is 29.3. The SMILES string of the molecule is COC(=O)N[C@H](C(=O)N1[C@@H]2C[C@@H]2C[C@H]1C1=NC=C(c2ccc3cc(-c4ccc(-c5nc([C@@H]6C[C@H]7C[C@H]7N6C(=O)[C@@H](NC(=O)OC)C(C)C)[nH]c5Cl)cc4)ccc3n2)C1)C(C)C. The molecule has 3 N–H and O–H groups in total. The van der Waals surface area contributed by atoms with Crippen LogP contribution >= 0.6 is 11.6 Å². The first kappa shape index (κ1) is 40.6. The fourth-order valence-corrected chi connectivity index (χ4v) is 9.89. The highest BCUT2D eigenvalue weighted by Crippen LogP contribution is 2.54. The van der Waals surface area contributed by atoms with E-state index in [0.717, 1.165) is 70.3 Å². The van der Waals surface area contributed by atoms with Crippen LogP contribution in [-0.4, -0.2) is 98.9 Å². The molecule has 2 aromatic heterocycles. The molecule has 5 aliphatic rings. The third-order valence-corrected chi connectivity index (χ3v) is 13.4. The Morgan fingerprint density at radius 2 is 1.31 bits per heavy atom. The Morgan fingerprint density at radius 3 is 1.92 bits per heavy atom. The van der Waals surface area contributed by atoms with Gasteiger partial charge in [-0.3, -0.25) is 14.6 Å². The summed E-state index contributed by atoms with van der Waals surface area (Å²) in [5.41, 5.74) is 7.23. The second kappa shape index (κ2) is 15.9. The molecule has 61 heavy (non-hydrogen) atoms. The predicted octanol–water partition coefficient (Wildman–Crippen LogP) is 7.54. The number of hydrogen-bond donors (Lipinski definition) is 3. The van der Waals surface area contributed by atoms with Gasteiger partial charge in [-0.05, 0) is 78.7 Å². The number of aromatic amines is 1. The summed E-state index contributed by atoms with van der Waals surface area (Å²) in [6.45, 7) is 7.66. The van der Waals surface area contributed by atoms with Gasteiger partial charge < -0.3 is 34.9 Å². The van der Waals surface area contributed by atoms with E-state index in [0.29, 0.717) is 34.9 Å². The van der Waals surface area contributed by atoms with E-state index >= 15 is 0 Å². The van der Waals surface area contributed by atoms with Crippen molar-refractivity contribution >= 4 is 57.8 Å². The van der Waals surface area contributed by atoms with Crippen LogP contribution in [0.4, 0.5) is 9.59 Å². The monoisotopic (exact) mass is 846 g/mol. The first-order valence-electron chi connectivity index (χ1n) is 21.2. The zero-order valence-electron chi connectivity index (χ0n) is 35.1. The summed E-state index contributed by atoms with van der Waals surface area (Å²) in [6, 6.07) is 17.0. The van der Waals surface area contributed by atoms with Gasteiger partial charge in [0.25, 0.3) is 0 Å². The summed E-state index contributed by atoms with van der Waals surface area (Å²) >= 11 is 6.78. The molecule has 318 valence electrons. The van der Waals surface area contributed by atoms with E-state index in [1.165, 1.54) is 14.2 Å². The quantitative estimate of drug-likeness (QED) is 0.139. The van der Waals surface area contributed by atoms with E-state index in [1.807, 2.05) is 80.1 Å². The van der Waals surface area contributed by atoms with Gasteiger partial charge >= 0.3 is 12.2 Å². The van der Waals surface area contributed by atoms with Crippen LogP contribution in [-0.2, 0) is 19.1 Å². The van der Waals surface area contributed by atoms with Gasteiger partial charge in [-0.25, -0.2) is 19.6 Å². The Balaban J connectivity index is 0.867. The van der Waals surface area contributed by atoms with Gasteiger partial charge in [0.2, 0.25) is 11.8 Å². The molecule has 0 unspecified atom stereocenters. The molecule has 15 heteroatoms. The summed E-state index contributed by atoms with van der Waals surface area (Å²) in [4.78, 5) is 73.8. The topological polar surface area (TPSA) is 171 Å². The lowest BCUT2D eigenvalue weighted by Gasteiger charge is -2.33. The second-order valence-electron chi connectivity index (χ2n) is 17.8. The van der Waals surface area contributed by atoms with Crippen LogP contribution in [0, 0.1) is 23.7 Å². The fraction of sp³-hybridized carbons (Fsp3) is 0.457. The maximum absolute atomic E-state index is 13.9. The number of alkyl carbamates (subject to hydrolysis) is 2. The van der Waals surface area contributed by atoms with E-state index in [1.54, 1.807) is 0 Å². The minimum absolute atomic E-state index is 0.0789. The molecule has 3 aliphatic heterocycles. The predicted molar refractivity (Wildman–Crippen MR) is 231 cm³/mol. The average Bonchev–Trinajstić information content (AvgIpc) is 3.90. The third kappa shape index (κ3) is 7.63. The molecular formula is C46H51ClN8O6. The van der Waals surface area contributed by atoms with E-state index in [9.17, 15) is 19.2 Å². The molecule has 5 heterocycles. The number of piperidine rings is 2. The van der Waals surface area contributed by atoms with Gasteiger partial charge in [-0.15, -0.1) is 0 Å². The van der Waals surface area contributed by atoms with Crippen LogP contribution in [0.2, 0.25) is 5.15 Å². The third-order valence-electron chi connectivity index (χ3n) is 13.1. The van der Waals surface area contributed by atoms with Crippen molar-refractivity contribution in [2.24, 2.45) is 28.7 Å². The van der Waals surface area contributed by atoms with Gasteiger partial charge in [0.05, 0.1) is 37.5 Å². The smallest absolute Gasteiger partial charge is 0.407 e. The van der Waals surface area contributed by atoms with Crippen molar-refractivity contribution in [1.82, 2.24) is 35.4 Å². The molecule has 4 amide bonds. The summed E-state index contributed by atoms with van der Waals surface area (Å²) in [5, 5.41) is 6.89. The Kier molecular flexibility index (Phi) is 10.6. The van der Waals surface area contributed by atoms with Crippen molar-refractivity contribution in [2.75, 3.05) is 14.2 Å². The number of nitrogens with zero attached hydrogens (tertiary/aromatic N) is 5. The minimum Gasteiger partial charge on any atom is -0.453 e. The minimum atomic E-state index is -0.714. The van der Waals surface area contributed by atoms with Crippen molar-refractivity contribution in [2.45, 2.75) is 96.1 Å². The lowest BCUT2D eigenvalue weighted by atomic mass is 9.97. The molecule has 0 spiro atoms. The number of carbonyl (C=O) groups excluding carboxylic acids is 4. The van der Waals surface area contributed by atoms with Gasteiger partial charge in [0.1, 0.15) is 28.8 Å². The first-order valence-corrected chi connectivity index (χ1v) is 21.6. The molecular weight excluding hydrogens is 796 g/mol. The number of H-pyrrole nitrogens is 1. The number of fused-ring (bicyclic) bond motifs is 3. The fourth-order valence-electron chi connectivity index (χ4n) is 9.64. The van der Waals surface area contributed by atoms with Crippen LogP contribution in [0.1, 0.15) is 77.4 Å². The lowest BCUT2D eigenvalue weighted by Crippen LogP contribution is -2.54. The number of halogens is 1. The van der Waals surface area contributed by atoms with Crippen LogP contribution in [0.5, 0.6) is 0 Å². The van der Waals surface area contributed by atoms with E-state index in [2.05, 4.69) is 33.8 Å². The van der Waals surface area contributed by atoms with Gasteiger partial charge in [0.15, 0.2) is 0 Å². The van der Waals surface area contributed by atoms with Gasteiger partial charge in [0, 0.05) is 46.9 Å². The number of methoxy groups -OCH3 is 2. The Labute approximate surface area is 359 Å². The number of imidazole rings is 1. The van der Waals surface area contributed by atoms with Crippen LogP contribution in [0.25, 0.3) is 38.9 Å². The van der Waals surface area contributed by atoms with Gasteiger partial charge in [-0.2, -0.15) is 0 Å². The standard InChI is InChI=1S/C46H51ClN8O6/c1-22(2)38(51-45(58)60-5)43(56)54-34-17-28(34)19-36(54)33-16-30(21-48-33)32-14-12-27-15-26(11-13-31(27)49-32)24-7-9-25(10-8-24)40-41(47)53-42(50-40)37-20-29-18-35(29)55(37)44(57)39(23(3)4)52-46(59)61-6/h7-15,21-23,28-29,34-39H,16-20H2,1-6H3,(H,50,53)(H,51,58)(H,52,59)/t28-,29-,34-,35-,36+,37+,38+,39+/m1/s1. The molecule has 2 aromatic carbocycles. The maximum atomic E-state index is 13.9.